The Morgan fingerprint density at radius 2 is 1.92 bits per heavy atom. The van der Waals surface area contributed by atoms with Crippen molar-refractivity contribution < 1.29 is 18.1 Å². The molecule has 1 fully saturated rings. The Bertz CT molecular complexity index is 587. The fraction of sp³-hybridized carbons (Fsp3) is 0.600. The van der Waals surface area contributed by atoms with E-state index in [2.05, 4.69) is 15.1 Å². The number of hydrogen-bond acceptors (Lipinski definition) is 5. The number of hydrogen-bond donors (Lipinski definition) is 1. The van der Waals surface area contributed by atoms with Crippen molar-refractivity contribution in [2.45, 2.75) is 19.1 Å². The van der Waals surface area contributed by atoms with Gasteiger partial charge in [0.15, 0.2) is 0 Å². The van der Waals surface area contributed by atoms with Crippen molar-refractivity contribution >= 4 is 11.4 Å². The molecule has 0 spiro atoms. The quantitative estimate of drug-likeness (QED) is 0.656. The molecule has 1 aliphatic heterocycles. The zero-order chi connectivity index (χ0) is 17.9. The maximum Gasteiger partial charge on any atom is 0.418 e. The van der Waals surface area contributed by atoms with E-state index in [1.165, 1.54) is 0 Å². The monoisotopic (exact) mass is 346 g/mol. The molecule has 6 nitrogen and oxygen atoms in total. The molecular weight excluding hydrogens is 325 g/mol. The van der Waals surface area contributed by atoms with Gasteiger partial charge in [-0.15, -0.1) is 0 Å². The molecule has 0 aromatic heterocycles. The van der Waals surface area contributed by atoms with Gasteiger partial charge in [0.2, 0.25) is 0 Å². The standard InChI is InChI=1S/C15H21F3N4O2/c1-11(21-7-5-20(2)6-8-21)10-19-14-4-3-12(22(23)24)9-13(14)15(16,17)18/h3-4,9,11,19H,5-8,10H2,1-2H3/t11-/m0/s1. The number of anilines is 1. The van der Waals surface area contributed by atoms with Crippen LogP contribution in [0.1, 0.15) is 12.5 Å². The van der Waals surface area contributed by atoms with Gasteiger partial charge in [-0.1, -0.05) is 0 Å². The van der Waals surface area contributed by atoms with Crippen molar-refractivity contribution in [2.75, 3.05) is 45.1 Å². The average molecular weight is 346 g/mol. The normalized spacial score (nSPS) is 18.4. The number of halogens is 3. The lowest BCUT2D eigenvalue weighted by Crippen LogP contribution is -2.49. The first-order chi connectivity index (χ1) is 11.2. The summed E-state index contributed by atoms with van der Waals surface area (Å²) in [6.07, 6.45) is -4.65. The highest BCUT2D eigenvalue weighted by Gasteiger charge is 2.35. The molecule has 1 saturated heterocycles. The van der Waals surface area contributed by atoms with Crippen LogP contribution in [0.25, 0.3) is 0 Å². The van der Waals surface area contributed by atoms with Crippen LogP contribution in [0.15, 0.2) is 18.2 Å². The minimum Gasteiger partial charge on any atom is -0.383 e. The van der Waals surface area contributed by atoms with Crippen LogP contribution in [0.2, 0.25) is 0 Å². The molecule has 0 aliphatic carbocycles. The molecule has 1 aliphatic rings. The first-order valence-corrected chi connectivity index (χ1v) is 7.70. The van der Waals surface area contributed by atoms with E-state index in [1.54, 1.807) is 0 Å². The largest absolute Gasteiger partial charge is 0.418 e. The van der Waals surface area contributed by atoms with E-state index in [9.17, 15) is 23.3 Å². The van der Waals surface area contributed by atoms with E-state index >= 15 is 0 Å². The Balaban J connectivity index is 2.07. The topological polar surface area (TPSA) is 61.7 Å². The van der Waals surface area contributed by atoms with Crippen molar-refractivity contribution in [3.05, 3.63) is 33.9 Å². The molecule has 1 aromatic rings. The molecule has 1 aromatic carbocycles. The number of nitrogens with one attached hydrogen (secondary N) is 1. The number of nitro groups is 1. The molecule has 1 heterocycles. The second-order valence-corrected chi connectivity index (χ2v) is 6.05. The molecule has 1 N–H and O–H groups in total. The lowest BCUT2D eigenvalue weighted by Gasteiger charge is -2.36. The lowest BCUT2D eigenvalue weighted by molar-refractivity contribution is -0.385. The number of rotatable bonds is 5. The number of likely N-dealkylation sites (N-methyl/N-ethyl adjacent to an activating group) is 1. The molecule has 0 bridgehead atoms. The van der Waals surface area contributed by atoms with Crippen molar-refractivity contribution in [2.24, 2.45) is 0 Å². The third-order valence-corrected chi connectivity index (χ3v) is 4.27. The predicted molar refractivity (Wildman–Crippen MR) is 85.1 cm³/mol. The van der Waals surface area contributed by atoms with E-state index in [4.69, 9.17) is 0 Å². The SMILES string of the molecule is C[C@@H](CNc1ccc([N+](=O)[O-])cc1C(F)(F)F)N1CCN(C)CC1. The van der Waals surface area contributed by atoms with Gasteiger partial charge in [0.1, 0.15) is 0 Å². The van der Waals surface area contributed by atoms with Gasteiger partial charge in [-0.3, -0.25) is 15.0 Å². The van der Waals surface area contributed by atoms with Crippen LogP contribution in [0.4, 0.5) is 24.5 Å². The summed E-state index contributed by atoms with van der Waals surface area (Å²) in [4.78, 5) is 14.3. The first kappa shape index (κ1) is 18.5. The van der Waals surface area contributed by atoms with Gasteiger partial charge in [-0.25, -0.2) is 0 Å². The summed E-state index contributed by atoms with van der Waals surface area (Å²) >= 11 is 0. The fourth-order valence-corrected chi connectivity index (χ4v) is 2.68. The Morgan fingerprint density at radius 1 is 1.29 bits per heavy atom. The van der Waals surface area contributed by atoms with Gasteiger partial charge in [0, 0.05) is 56.6 Å². The van der Waals surface area contributed by atoms with Crippen LogP contribution in [0.3, 0.4) is 0 Å². The van der Waals surface area contributed by atoms with Gasteiger partial charge in [0.25, 0.3) is 5.69 Å². The zero-order valence-corrected chi connectivity index (χ0v) is 13.6. The molecule has 0 radical (unpaired) electrons. The number of alkyl halides is 3. The first-order valence-electron chi connectivity index (χ1n) is 7.70. The van der Waals surface area contributed by atoms with E-state index in [1.807, 2.05) is 14.0 Å². The molecule has 0 unspecified atom stereocenters. The maximum absolute atomic E-state index is 13.1. The van der Waals surface area contributed by atoms with Crippen molar-refractivity contribution in [3.63, 3.8) is 0 Å². The van der Waals surface area contributed by atoms with Crippen molar-refractivity contribution in [3.8, 4) is 0 Å². The van der Waals surface area contributed by atoms with Gasteiger partial charge >= 0.3 is 6.18 Å². The van der Waals surface area contributed by atoms with Crippen LogP contribution >= 0.6 is 0 Å². The maximum atomic E-state index is 13.1. The molecule has 24 heavy (non-hydrogen) atoms. The number of nitrogens with zero attached hydrogens (tertiary/aromatic N) is 3. The van der Waals surface area contributed by atoms with Gasteiger partial charge in [0.05, 0.1) is 10.5 Å². The Morgan fingerprint density at radius 3 is 2.46 bits per heavy atom. The summed E-state index contributed by atoms with van der Waals surface area (Å²) < 4.78 is 39.4. The predicted octanol–water partition coefficient (Wildman–Crippen LogP) is 2.66. The van der Waals surface area contributed by atoms with Crippen molar-refractivity contribution in [1.29, 1.82) is 0 Å². The molecule has 134 valence electrons. The van der Waals surface area contributed by atoms with Gasteiger partial charge in [-0.2, -0.15) is 13.2 Å². The number of nitro benzene ring substituents is 1. The fourth-order valence-electron chi connectivity index (χ4n) is 2.68. The number of benzene rings is 1. The zero-order valence-electron chi connectivity index (χ0n) is 13.6. The average Bonchev–Trinajstić information content (AvgIpc) is 2.52. The summed E-state index contributed by atoms with van der Waals surface area (Å²) in [5, 5.41) is 13.5. The third kappa shape index (κ3) is 4.57. The van der Waals surface area contributed by atoms with Crippen LogP contribution in [-0.2, 0) is 6.18 Å². The van der Waals surface area contributed by atoms with Crippen LogP contribution in [0, 0.1) is 10.1 Å². The minimum atomic E-state index is -4.65. The number of piperazine rings is 1. The molecule has 9 heteroatoms. The minimum absolute atomic E-state index is 0.0648. The number of non-ortho nitro benzene ring substituents is 1. The summed E-state index contributed by atoms with van der Waals surface area (Å²) in [5.41, 5.74) is -1.71. The summed E-state index contributed by atoms with van der Waals surface area (Å²) in [7, 11) is 2.03. The third-order valence-electron chi connectivity index (χ3n) is 4.27. The molecule has 0 amide bonds. The summed E-state index contributed by atoms with van der Waals surface area (Å²) in [6.45, 7) is 5.88. The van der Waals surface area contributed by atoms with Crippen LogP contribution in [0.5, 0.6) is 0 Å². The molecular formula is C15H21F3N4O2. The highest BCUT2D eigenvalue weighted by Crippen LogP contribution is 2.37. The van der Waals surface area contributed by atoms with E-state index in [0.717, 1.165) is 38.3 Å². The van der Waals surface area contributed by atoms with Gasteiger partial charge in [-0.05, 0) is 20.0 Å². The Hall–Kier alpha value is -1.87. The smallest absolute Gasteiger partial charge is 0.383 e. The van der Waals surface area contributed by atoms with Gasteiger partial charge < -0.3 is 10.2 Å². The Labute approximate surface area is 138 Å². The molecule has 2 rings (SSSR count). The van der Waals surface area contributed by atoms with E-state index < -0.39 is 22.4 Å². The van der Waals surface area contributed by atoms with Crippen LogP contribution < -0.4 is 5.32 Å². The van der Waals surface area contributed by atoms with E-state index in [-0.39, 0.29) is 11.7 Å². The molecule has 1 atom stereocenters. The van der Waals surface area contributed by atoms with Crippen molar-refractivity contribution in [1.82, 2.24) is 9.80 Å². The highest BCUT2D eigenvalue weighted by molar-refractivity contribution is 5.57. The Kier molecular flexibility index (Phi) is 5.66. The summed E-state index contributed by atoms with van der Waals surface area (Å²) in [6, 6.07) is 2.84. The molecule has 0 saturated carbocycles. The van der Waals surface area contributed by atoms with Crippen LogP contribution in [-0.4, -0.2) is 60.5 Å². The second kappa shape index (κ2) is 7.35. The summed E-state index contributed by atoms with van der Waals surface area (Å²) in [5.74, 6) is 0. The lowest BCUT2D eigenvalue weighted by atomic mass is 10.1. The second-order valence-electron chi connectivity index (χ2n) is 6.05. The highest BCUT2D eigenvalue weighted by atomic mass is 19.4. The van der Waals surface area contributed by atoms with E-state index in [0.29, 0.717) is 12.6 Å².